The van der Waals surface area contributed by atoms with Crippen LogP contribution in [-0.4, -0.2) is 13.1 Å². The summed E-state index contributed by atoms with van der Waals surface area (Å²) in [4.78, 5) is 0. The highest BCUT2D eigenvalue weighted by molar-refractivity contribution is 4.88. The second-order valence-electron chi connectivity index (χ2n) is 3.79. The van der Waals surface area contributed by atoms with Crippen molar-refractivity contribution in [2.24, 2.45) is 5.41 Å². The summed E-state index contributed by atoms with van der Waals surface area (Å²) in [6.07, 6.45) is 6.08. The molecule has 2 heteroatoms. The van der Waals surface area contributed by atoms with Crippen LogP contribution < -0.4 is 5.32 Å². The molecule has 2 nitrogen and oxygen atoms in total. The lowest BCUT2D eigenvalue weighted by Gasteiger charge is -2.41. The van der Waals surface area contributed by atoms with Crippen LogP contribution in [0.15, 0.2) is 0 Å². The van der Waals surface area contributed by atoms with Gasteiger partial charge in [-0.15, -0.1) is 0 Å². The van der Waals surface area contributed by atoms with Crippen LogP contribution in [0.25, 0.3) is 0 Å². The van der Waals surface area contributed by atoms with E-state index < -0.39 is 0 Å². The Morgan fingerprint density at radius 2 is 2.25 bits per heavy atom. The molecule has 0 aliphatic heterocycles. The largest absolute Gasteiger partial charge is 0.315 e. The second kappa shape index (κ2) is 4.47. The average Bonchev–Trinajstić information content (AvgIpc) is 2.02. The number of nitrogens with zero attached hydrogens (tertiary/aromatic N) is 1. The fourth-order valence-electron chi connectivity index (χ4n) is 1.83. The number of hydrogen-bond donors (Lipinski definition) is 1. The first kappa shape index (κ1) is 9.54. The normalized spacial score (nSPS) is 19.7. The van der Waals surface area contributed by atoms with E-state index in [1.165, 1.54) is 25.7 Å². The Kier molecular flexibility index (Phi) is 3.55. The summed E-state index contributed by atoms with van der Waals surface area (Å²) in [6, 6.07) is 2.15. The summed E-state index contributed by atoms with van der Waals surface area (Å²) in [5, 5.41) is 11.7. The zero-order valence-corrected chi connectivity index (χ0v) is 7.90. The minimum Gasteiger partial charge on any atom is -0.315 e. The first-order valence-corrected chi connectivity index (χ1v) is 4.91. The lowest BCUT2D eigenvalue weighted by atomic mass is 9.67. The van der Waals surface area contributed by atoms with E-state index >= 15 is 0 Å². The smallest absolute Gasteiger partial charge is 0.0635 e. The van der Waals surface area contributed by atoms with Gasteiger partial charge in [0.25, 0.3) is 0 Å². The molecule has 0 atom stereocenters. The summed E-state index contributed by atoms with van der Waals surface area (Å²) in [5.41, 5.74) is 0.593. The number of hydrogen-bond acceptors (Lipinski definition) is 2. The highest BCUT2D eigenvalue weighted by Crippen LogP contribution is 2.42. The van der Waals surface area contributed by atoms with E-state index in [9.17, 15) is 0 Å². The number of nitrogens with one attached hydrogen (secondary N) is 1. The van der Waals surface area contributed by atoms with E-state index in [-0.39, 0.29) is 0 Å². The molecule has 0 saturated heterocycles. The summed E-state index contributed by atoms with van der Waals surface area (Å²) in [5.74, 6) is 0. The van der Waals surface area contributed by atoms with Gasteiger partial charge >= 0.3 is 0 Å². The van der Waals surface area contributed by atoms with Crippen LogP contribution in [0, 0.1) is 16.7 Å². The predicted molar refractivity (Wildman–Crippen MR) is 49.7 cm³/mol. The zero-order chi connectivity index (χ0) is 8.86. The van der Waals surface area contributed by atoms with Gasteiger partial charge < -0.3 is 5.32 Å². The van der Waals surface area contributed by atoms with Crippen LogP contribution in [0.1, 0.15) is 39.0 Å². The molecule has 0 aromatic carbocycles. The molecule has 1 rings (SSSR count). The summed E-state index contributed by atoms with van der Waals surface area (Å²) < 4.78 is 0. The number of nitriles is 1. The maximum Gasteiger partial charge on any atom is 0.0635 e. The molecule has 0 unspecified atom stereocenters. The fraction of sp³-hybridized carbons (Fsp3) is 0.900. The third kappa shape index (κ3) is 2.22. The Morgan fingerprint density at radius 3 is 2.67 bits per heavy atom. The first-order chi connectivity index (χ1) is 5.83. The van der Waals surface area contributed by atoms with Crippen LogP contribution in [0.5, 0.6) is 0 Å². The lowest BCUT2D eigenvalue weighted by Crippen LogP contribution is -2.39. The lowest BCUT2D eigenvalue weighted by molar-refractivity contribution is 0.125. The van der Waals surface area contributed by atoms with E-state index in [0.717, 1.165) is 13.1 Å². The maximum absolute atomic E-state index is 8.33. The molecular formula is C10H18N2. The van der Waals surface area contributed by atoms with Crippen LogP contribution in [-0.2, 0) is 0 Å². The molecule has 1 saturated carbocycles. The van der Waals surface area contributed by atoms with Crippen molar-refractivity contribution in [3.05, 3.63) is 0 Å². The maximum atomic E-state index is 8.33. The third-order valence-electron chi connectivity index (χ3n) is 3.08. The molecule has 0 spiro atoms. The molecule has 0 amide bonds. The van der Waals surface area contributed by atoms with E-state index in [1.807, 2.05) is 0 Å². The Morgan fingerprint density at radius 1 is 1.50 bits per heavy atom. The van der Waals surface area contributed by atoms with Crippen LogP contribution >= 0.6 is 0 Å². The summed E-state index contributed by atoms with van der Waals surface area (Å²) in [7, 11) is 0. The van der Waals surface area contributed by atoms with Gasteiger partial charge in [0.15, 0.2) is 0 Å². The zero-order valence-electron chi connectivity index (χ0n) is 7.90. The summed E-state index contributed by atoms with van der Waals surface area (Å²) >= 11 is 0. The van der Waals surface area contributed by atoms with Crippen molar-refractivity contribution in [3.63, 3.8) is 0 Å². The SMILES string of the molecule is CCC1(CNCCC#N)CCC1. The quantitative estimate of drug-likeness (QED) is 0.635. The van der Waals surface area contributed by atoms with Crippen LogP contribution in [0.2, 0.25) is 0 Å². The molecule has 1 aliphatic carbocycles. The Labute approximate surface area is 75.0 Å². The second-order valence-corrected chi connectivity index (χ2v) is 3.79. The van der Waals surface area contributed by atoms with Gasteiger partial charge in [-0.3, -0.25) is 0 Å². The molecular weight excluding hydrogens is 148 g/mol. The molecule has 12 heavy (non-hydrogen) atoms. The molecule has 1 aliphatic rings. The Hall–Kier alpha value is -0.550. The van der Waals surface area contributed by atoms with E-state index in [2.05, 4.69) is 18.3 Å². The van der Waals surface area contributed by atoms with E-state index in [1.54, 1.807) is 0 Å². The van der Waals surface area contributed by atoms with Gasteiger partial charge in [-0.25, -0.2) is 0 Å². The van der Waals surface area contributed by atoms with Gasteiger partial charge in [0.05, 0.1) is 6.07 Å². The van der Waals surface area contributed by atoms with Gasteiger partial charge in [0, 0.05) is 19.5 Å². The van der Waals surface area contributed by atoms with Crippen molar-refractivity contribution in [1.29, 1.82) is 5.26 Å². The van der Waals surface area contributed by atoms with E-state index in [0.29, 0.717) is 11.8 Å². The van der Waals surface area contributed by atoms with Crippen molar-refractivity contribution in [1.82, 2.24) is 5.32 Å². The first-order valence-electron chi connectivity index (χ1n) is 4.91. The number of rotatable bonds is 5. The van der Waals surface area contributed by atoms with Gasteiger partial charge in [0.1, 0.15) is 0 Å². The van der Waals surface area contributed by atoms with Crippen molar-refractivity contribution in [3.8, 4) is 6.07 Å². The standard InChI is InChI=1S/C10H18N2/c1-2-10(5-3-6-10)9-12-8-4-7-11/h12H,2-6,8-9H2,1H3. The van der Waals surface area contributed by atoms with Crippen molar-refractivity contribution < 1.29 is 0 Å². The van der Waals surface area contributed by atoms with Crippen LogP contribution in [0.4, 0.5) is 0 Å². The van der Waals surface area contributed by atoms with Gasteiger partial charge in [-0.05, 0) is 24.7 Å². The van der Waals surface area contributed by atoms with Crippen molar-refractivity contribution in [2.75, 3.05) is 13.1 Å². The fourth-order valence-corrected chi connectivity index (χ4v) is 1.83. The topological polar surface area (TPSA) is 35.8 Å². The molecule has 1 fully saturated rings. The van der Waals surface area contributed by atoms with Gasteiger partial charge in [-0.2, -0.15) is 5.26 Å². The molecule has 0 aromatic rings. The molecule has 1 N–H and O–H groups in total. The third-order valence-corrected chi connectivity index (χ3v) is 3.08. The minimum atomic E-state index is 0.593. The van der Waals surface area contributed by atoms with E-state index in [4.69, 9.17) is 5.26 Å². The highest BCUT2D eigenvalue weighted by atomic mass is 14.9. The monoisotopic (exact) mass is 166 g/mol. The van der Waals surface area contributed by atoms with Gasteiger partial charge in [0.2, 0.25) is 0 Å². The van der Waals surface area contributed by atoms with Crippen molar-refractivity contribution >= 4 is 0 Å². The Balaban J connectivity index is 2.09. The molecule has 0 aromatic heterocycles. The summed E-state index contributed by atoms with van der Waals surface area (Å²) in [6.45, 7) is 4.24. The highest BCUT2D eigenvalue weighted by Gasteiger charge is 2.34. The van der Waals surface area contributed by atoms with Gasteiger partial charge in [-0.1, -0.05) is 13.3 Å². The molecule has 68 valence electrons. The van der Waals surface area contributed by atoms with Crippen molar-refractivity contribution in [2.45, 2.75) is 39.0 Å². The molecule has 0 bridgehead atoms. The Bertz CT molecular complexity index is 160. The minimum absolute atomic E-state index is 0.593. The predicted octanol–water partition coefficient (Wildman–Crippen LogP) is 2.07. The average molecular weight is 166 g/mol. The van der Waals surface area contributed by atoms with Crippen LogP contribution in [0.3, 0.4) is 0 Å². The molecule has 0 heterocycles. The molecule has 0 radical (unpaired) electrons.